The van der Waals surface area contributed by atoms with E-state index in [1.165, 1.54) is 0 Å². The first-order valence-corrected chi connectivity index (χ1v) is 12.9. The number of nitrogens with zero attached hydrogens (tertiary/aromatic N) is 2. The molecule has 0 radical (unpaired) electrons. The fourth-order valence-electron chi connectivity index (χ4n) is 5.32. The molecule has 0 saturated heterocycles. The summed E-state index contributed by atoms with van der Waals surface area (Å²) in [4.78, 5) is 19.3. The second-order valence-corrected chi connectivity index (χ2v) is 10.2. The van der Waals surface area contributed by atoms with E-state index in [2.05, 4.69) is 36.4 Å². The van der Waals surface area contributed by atoms with Gasteiger partial charge in [-0.25, -0.2) is 4.98 Å². The number of fused-ring (bicyclic) bond motifs is 7. The highest BCUT2D eigenvalue weighted by Gasteiger charge is 2.16. The standard InChI is InChI=1S/C32H18N2O2S/c35-31-23-15-13-21(22-10-6-12-28-30(22)24-9-4-5-11-27(24)36-28)17-25(23)33-32-34(31)26-16-14-20(18-29(26)37-32)19-7-2-1-3-8-19/h1-18H. The first-order chi connectivity index (χ1) is 18.2. The number of furan rings is 1. The summed E-state index contributed by atoms with van der Waals surface area (Å²) in [5.41, 5.74) is 7.60. The van der Waals surface area contributed by atoms with Gasteiger partial charge in [0.2, 0.25) is 0 Å². The molecule has 0 amide bonds. The van der Waals surface area contributed by atoms with Crippen molar-refractivity contribution in [3.05, 3.63) is 120 Å². The first kappa shape index (κ1) is 20.5. The van der Waals surface area contributed by atoms with Gasteiger partial charge in [-0.2, -0.15) is 0 Å². The summed E-state index contributed by atoms with van der Waals surface area (Å²) in [5, 5.41) is 2.76. The molecule has 0 N–H and O–H groups in total. The molecule has 3 aromatic heterocycles. The predicted octanol–water partition coefficient (Wildman–Crippen LogP) is 8.30. The zero-order chi connectivity index (χ0) is 24.5. The van der Waals surface area contributed by atoms with Crippen molar-refractivity contribution >= 4 is 59.4 Å². The molecule has 0 bridgehead atoms. The summed E-state index contributed by atoms with van der Waals surface area (Å²) in [5.74, 6) is 0. The van der Waals surface area contributed by atoms with E-state index in [1.807, 2.05) is 72.8 Å². The van der Waals surface area contributed by atoms with Crippen molar-refractivity contribution in [2.24, 2.45) is 0 Å². The Morgan fingerprint density at radius 1 is 0.676 bits per heavy atom. The van der Waals surface area contributed by atoms with Gasteiger partial charge in [0.05, 0.1) is 21.1 Å². The Kier molecular flexibility index (Phi) is 4.22. The lowest BCUT2D eigenvalue weighted by atomic mass is 9.98. The van der Waals surface area contributed by atoms with E-state index in [4.69, 9.17) is 9.40 Å². The Morgan fingerprint density at radius 3 is 2.41 bits per heavy atom. The fraction of sp³-hybridized carbons (Fsp3) is 0. The molecule has 5 heteroatoms. The van der Waals surface area contributed by atoms with Crippen LogP contribution in [0.3, 0.4) is 0 Å². The van der Waals surface area contributed by atoms with Gasteiger partial charge in [-0.1, -0.05) is 84.1 Å². The van der Waals surface area contributed by atoms with Gasteiger partial charge in [0.25, 0.3) is 5.56 Å². The van der Waals surface area contributed by atoms with Gasteiger partial charge >= 0.3 is 0 Å². The molecule has 3 heterocycles. The van der Waals surface area contributed by atoms with Crippen LogP contribution in [0.4, 0.5) is 0 Å². The maximum atomic E-state index is 13.6. The number of para-hydroxylation sites is 1. The summed E-state index contributed by atoms with van der Waals surface area (Å²) in [7, 11) is 0. The molecular formula is C32H18N2O2S. The molecule has 5 aromatic carbocycles. The molecule has 0 aliphatic rings. The number of hydrogen-bond donors (Lipinski definition) is 0. The van der Waals surface area contributed by atoms with E-state index < -0.39 is 0 Å². The lowest BCUT2D eigenvalue weighted by Gasteiger charge is -2.06. The van der Waals surface area contributed by atoms with Crippen LogP contribution in [-0.2, 0) is 0 Å². The van der Waals surface area contributed by atoms with Gasteiger partial charge in [0, 0.05) is 10.8 Å². The van der Waals surface area contributed by atoms with Crippen LogP contribution in [0.1, 0.15) is 0 Å². The van der Waals surface area contributed by atoms with Gasteiger partial charge in [-0.05, 0) is 58.7 Å². The van der Waals surface area contributed by atoms with Crippen molar-refractivity contribution in [2.45, 2.75) is 0 Å². The van der Waals surface area contributed by atoms with Gasteiger partial charge < -0.3 is 4.42 Å². The Hall–Kier alpha value is -4.74. The molecular weight excluding hydrogens is 476 g/mol. The van der Waals surface area contributed by atoms with E-state index in [1.54, 1.807) is 15.7 Å². The third kappa shape index (κ3) is 3.01. The molecule has 0 aliphatic heterocycles. The molecule has 0 saturated carbocycles. The van der Waals surface area contributed by atoms with Crippen molar-refractivity contribution in [3.63, 3.8) is 0 Å². The minimum atomic E-state index is -0.0442. The fourth-order valence-corrected chi connectivity index (χ4v) is 6.38. The Bertz CT molecular complexity index is 2220. The van der Waals surface area contributed by atoms with Crippen LogP contribution < -0.4 is 5.56 Å². The quantitative estimate of drug-likeness (QED) is 0.243. The van der Waals surface area contributed by atoms with Crippen molar-refractivity contribution in [2.75, 3.05) is 0 Å². The molecule has 0 unspecified atom stereocenters. The summed E-state index contributed by atoms with van der Waals surface area (Å²) >= 11 is 1.54. The smallest absolute Gasteiger partial charge is 0.266 e. The highest BCUT2D eigenvalue weighted by molar-refractivity contribution is 7.23. The zero-order valence-electron chi connectivity index (χ0n) is 19.5. The Balaban J connectivity index is 1.35. The lowest BCUT2D eigenvalue weighted by Crippen LogP contribution is -2.13. The van der Waals surface area contributed by atoms with Crippen LogP contribution in [0.2, 0.25) is 0 Å². The van der Waals surface area contributed by atoms with E-state index in [0.29, 0.717) is 15.9 Å². The molecule has 0 aliphatic carbocycles. The van der Waals surface area contributed by atoms with Crippen LogP contribution in [0.25, 0.3) is 70.3 Å². The topological polar surface area (TPSA) is 47.5 Å². The van der Waals surface area contributed by atoms with Gasteiger partial charge in [-0.15, -0.1) is 0 Å². The van der Waals surface area contributed by atoms with Gasteiger partial charge in [0.1, 0.15) is 11.2 Å². The maximum Gasteiger partial charge on any atom is 0.266 e. The SMILES string of the molecule is O=c1c2ccc(-c3cccc4oc5ccccc5c34)cc2nc2sc3cc(-c4ccccc4)ccc3n12. The second kappa shape index (κ2) is 7.63. The minimum Gasteiger partial charge on any atom is -0.456 e. The van der Waals surface area contributed by atoms with Gasteiger partial charge in [-0.3, -0.25) is 9.20 Å². The van der Waals surface area contributed by atoms with Crippen molar-refractivity contribution < 1.29 is 4.42 Å². The second-order valence-electron chi connectivity index (χ2n) is 9.19. The number of aromatic nitrogens is 2. The summed E-state index contributed by atoms with van der Waals surface area (Å²) in [6.45, 7) is 0. The average molecular weight is 495 g/mol. The Morgan fingerprint density at radius 2 is 1.49 bits per heavy atom. The van der Waals surface area contributed by atoms with Crippen LogP contribution in [0, 0.1) is 0 Å². The van der Waals surface area contributed by atoms with Crippen molar-refractivity contribution in [1.82, 2.24) is 9.38 Å². The molecule has 0 atom stereocenters. The molecule has 37 heavy (non-hydrogen) atoms. The zero-order valence-corrected chi connectivity index (χ0v) is 20.3. The van der Waals surface area contributed by atoms with Crippen LogP contribution in [0.15, 0.2) is 118 Å². The van der Waals surface area contributed by atoms with Gasteiger partial charge in [0.15, 0.2) is 4.96 Å². The lowest BCUT2D eigenvalue weighted by molar-refractivity contribution is 0.669. The van der Waals surface area contributed by atoms with E-state index >= 15 is 0 Å². The monoisotopic (exact) mass is 494 g/mol. The maximum absolute atomic E-state index is 13.6. The number of rotatable bonds is 2. The number of thiazole rings is 1. The predicted molar refractivity (Wildman–Crippen MR) is 153 cm³/mol. The molecule has 0 spiro atoms. The summed E-state index contributed by atoms with van der Waals surface area (Å²) < 4.78 is 8.86. The first-order valence-electron chi connectivity index (χ1n) is 12.1. The van der Waals surface area contributed by atoms with Crippen LogP contribution in [-0.4, -0.2) is 9.38 Å². The van der Waals surface area contributed by atoms with Crippen molar-refractivity contribution in [1.29, 1.82) is 0 Å². The Labute approximate surface area is 214 Å². The minimum absolute atomic E-state index is 0.0442. The van der Waals surface area contributed by atoms with E-state index in [-0.39, 0.29) is 5.56 Å². The average Bonchev–Trinajstić information content (AvgIpc) is 3.51. The molecule has 0 fully saturated rings. The van der Waals surface area contributed by atoms with Crippen LogP contribution >= 0.6 is 11.3 Å². The highest BCUT2D eigenvalue weighted by Crippen LogP contribution is 2.37. The molecule has 8 rings (SSSR count). The summed E-state index contributed by atoms with van der Waals surface area (Å²) in [6, 6.07) is 36.6. The normalized spacial score (nSPS) is 11.9. The van der Waals surface area contributed by atoms with Crippen molar-refractivity contribution in [3.8, 4) is 22.3 Å². The molecule has 174 valence electrons. The third-order valence-electron chi connectivity index (χ3n) is 7.06. The largest absolute Gasteiger partial charge is 0.456 e. The third-order valence-corrected chi connectivity index (χ3v) is 8.06. The summed E-state index contributed by atoms with van der Waals surface area (Å²) in [6.07, 6.45) is 0. The van der Waals surface area contributed by atoms with E-state index in [9.17, 15) is 4.79 Å². The highest BCUT2D eigenvalue weighted by atomic mass is 32.1. The van der Waals surface area contributed by atoms with Crippen LogP contribution in [0.5, 0.6) is 0 Å². The number of benzene rings is 5. The number of hydrogen-bond acceptors (Lipinski definition) is 4. The molecule has 8 aromatic rings. The molecule has 4 nitrogen and oxygen atoms in total. The van der Waals surface area contributed by atoms with E-state index in [0.717, 1.165) is 54.4 Å².